The van der Waals surface area contributed by atoms with Crippen molar-refractivity contribution >= 4 is 0 Å². The van der Waals surface area contributed by atoms with Crippen LogP contribution in [-0.2, 0) is 13.2 Å². The summed E-state index contributed by atoms with van der Waals surface area (Å²) in [5, 5.41) is 2.85. The quantitative estimate of drug-likeness (QED) is 0.746. The van der Waals surface area contributed by atoms with E-state index >= 15 is 0 Å². The van der Waals surface area contributed by atoms with E-state index in [2.05, 4.69) is 36.4 Å². The maximum absolute atomic E-state index is 10.1. The molecule has 0 fully saturated rings. The molecule has 0 aliphatic carbocycles. The lowest BCUT2D eigenvalue weighted by atomic mass is 10.2. The Morgan fingerprint density at radius 2 is 1.56 bits per heavy atom. The summed E-state index contributed by atoms with van der Waals surface area (Å²) >= 11 is 0. The molecule has 0 aliphatic heterocycles. The molecule has 92 valence electrons. The zero-order chi connectivity index (χ0) is 12.8. The van der Waals surface area contributed by atoms with E-state index in [0.29, 0.717) is 6.61 Å². The van der Waals surface area contributed by atoms with Crippen LogP contribution in [0.1, 0.15) is 16.7 Å². The molecule has 0 N–H and O–H groups in total. The molecule has 0 saturated carbocycles. The lowest BCUT2D eigenvalue weighted by molar-refractivity contribution is 0.306. The van der Waals surface area contributed by atoms with Crippen LogP contribution in [0.15, 0.2) is 53.7 Å². The molecule has 0 bridgehead atoms. The van der Waals surface area contributed by atoms with Crippen molar-refractivity contribution in [3.05, 3.63) is 70.1 Å². The summed E-state index contributed by atoms with van der Waals surface area (Å²) in [6.07, 6.45) is 0. The molecular weight excluding hydrogens is 226 g/mol. The highest BCUT2D eigenvalue weighted by molar-refractivity contribution is 5.28. The highest BCUT2D eigenvalue weighted by Gasteiger charge is 1.97. The molecule has 0 radical (unpaired) electrons. The molecule has 0 spiro atoms. The van der Waals surface area contributed by atoms with Crippen molar-refractivity contribution in [3.63, 3.8) is 0 Å². The van der Waals surface area contributed by atoms with Gasteiger partial charge < -0.3 is 4.74 Å². The normalized spacial score (nSPS) is 10.1. The molecular formula is C15H15NO2. The van der Waals surface area contributed by atoms with Crippen LogP contribution in [0.25, 0.3) is 0 Å². The largest absolute Gasteiger partial charge is 0.489 e. The number of hydrogen-bond donors (Lipinski definition) is 0. The van der Waals surface area contributed by atoms with Crippen molar-refractivity contribution in [2.75, 3.05) is 0 Å². The fraction of sp³-hybridized carbons (Fsp3) is 0.200. The first-order valence-corrected chi connectivity index (χ1v) is 5.84. The molecule has 0 amide bonds. The molecule has 2 aromatic rings. The van der Waals surface area contributed by atoms with Crippen molar-refractivity contribution < 1.29 is 4.74 Å². The second-order valence-corrected chi connectivity index (χ2v) is 4.21. The summed E-state index contributed by atoms with van der Waals surface area (Å²) < 4.78 is 5.66. The average Bonchev–Trinajstić information content (AvgIpc) is 2.40. The number of rotatable bonds is 5. The Morgan fingerprint density at radius 3 is 2.17 bits per heavy atom. The predicted octanol–water partition coefficient (Wildman–Crippen LogP) is 3.84. The minimum Gasteiger partial charge on any atom is -0.489 e. The van der Waals surface area contributed by atoms with Crippen molar-refractivity contribution in [3.8, 4) is 5.75 Å². The van der Waals surface area contributed by atoms with Crippen molar-refractivity contribution in [1.82, 2.24) is 0 Å². The highest BCUT2D eigenvalue weighted by Crippen LogP contribution is 2.15. The fourth-order valence-electron chi connectivity index (χ4n) is 1.62. The molecule has 0 saturated heterocycles. The monoisotopic (exact) mass is 241 g/mol. The first-order valence-electron chi connectivity index (χ1n) is 5.84. The number of ether oxygens (including phenoxy) is 1. The summed E-state index contributed by atoms with van der Waals surface area (Å²) in [7, 11) is 0. The van der Waals surface area contributed by atoms with Crippen molar-refractivity contribution in [1.29, 1.82) is 0 Å². The summed E-state index contributed by atoms with van der Waals surface area (Å²) in [4.78, 5) is 10.1. The molecule has 0 aliphatic rings. The SMILES string of the molecule is Cc1ccc(COc2ccc(CN=O)cc2)cc1. The molecule has 3 heteroatoms. The van der Waals surface area contributed by atoms with Crippen LogP contribution in [0, 0.1) is 11.8 Å². The average molecular weight is 241 g/mol. The topological polar surface area (TPSA) is 38.7 Å². The van der Waals surface area contributed by atoms with Gasteiger partial charge in [0.05, 0.1) is 0 Å². The van der Waals surface area contributed by atoms with Gasteiger partial charge in [-0.2, -0.15) is 4.91 Å². The van der Waals surface area contributed by atoms with Gasteiger partial charge in [-0.1, -0.05) is 47.1 Å². The smallest absolute Gasteiger partial charge is 0.119 e. The van der Waals surface area contributed by atoms with Gasteiger partial charge in [0.1, 0.15) is 18.9 Å². The Balaban J connectivity index is 1.93. The first kappa shape index (κ1) is 12.3. The molecule has 3 nitrogen and oxygen atoms in total. The Kier molecular flexibility index (Phi) is 4.07. The van der Waals surface area contributed by atoms with E-state index in [9.17, 15) is 4.91 Å². The van der Waals surface area contributed by atoms with Gasteiger partial charge in [0, 0.05) is 0 Å². The molecule has 2 rings (SSSR count). The van der Waals surface area contributed by atoms with Gasteiger partial charge in [-0.15, -0.1) is 0 Å². The van der Waals surface area contributed by atoms with Crippen LogP contribution in [-0.4, -0.2) is 0 Å². The van der Waals surface area contributed by atoms with Gasteiger partial charge in [-0.25, -0.2) is 0 Å². The summed E-state index contributed by atoms with van der Waals surface area (Å²) in [6.45, 7) is 2.81. The van der Waals surface area contributed by atoms with E-state index in [1.807, 2.05) is 24.3 Å². The third-order valence-corrected chi connectivity index (χ3v) is 2.70. The Morgan fingerprint density at radius 1 is 0.944 bits per heavy atom. The van der Waals surface area contributed by atoms with Crippen LogP contribution in [0.2, 0.25) is 0 Å². The summed E-state index contributed by atoms with van der Waals surface area (Å²) in [6, 6.07) is 15.7. The molecule has 0 unspecified atom stereocenters. The van der Waals surface area contributed by atoms with E-state index in [-0.39, 0.29) is 6.54 Å². The molecule has 0 aromatic heterocycles. The van der Waals surface area contributed by atoms with Gasteiger partial charge in [-0.3, -0.25) is 0 Å². The molecule has 18 heavy (non-hydrogen) atoms. The number of hydrogen-bond acceptors (Lipinski definition) is 3. The van der Waals surface area contributed by atoms with Crippen molar-refractivity contribution in [2.45, 2.75) is 20.1 Å². The standard InChI is InChI=1S/C15H15NO2/c1-12-2-4-14(5-3-12)11-18-15-8-6-13(7-9-15)10-16-17/h2-9H,10-11H2,1H3. The van der Waals surface area contributed by atoms with Gasteiger partial charge in [0.2, 0.25) is 0 Å². The van der Waals surface area contributed by atoms with Gasteiger partial charge in [0.15, 0.2) is 0 Å². The van der Waals surface area contributed by atoms with Gasteiger partial charge in [-0.05, 0) is 30.2 Å². The van der Waals surface area contributed by atoms with Crippen LogP contribution < -0.4 is 4.74 Å². The minimum absolute atomic E-state index is 0.207. The Bertz CT molecular complexity index is 503. The van der Waals surface area contributed by atoms with E-state index in [0.717, 1.165) is 16.9 Å². The number of nitrogens with zero attached hydrogens (tertiary/aromatic N) is 1. The fourth-order valence-corrected chi connectivity index (χ4v) is 1.62. The molecule has 2 aromatic carbocycles. The lowest BCUT2D eigenvalue weighted by Crippen LogP contribution is -1.95. The van der Waals surface area contributed by atoms with Crippen LogP contribution >= 0.6 is 0 Å². The van der Waals surface area contributed by atoms with Gasteiger partial charge >= 0.3 is 0 Å². The number of benzene rings is 2. The van der Waals surface area contributed by atoms with Crippen LogP contribution in [0.3, 0.4) is 0 Å². The van der Waals surface area contributed by atoms with Crippen molar-refractivity contribution in [2.24, 2.45) is 5.18 Å². The van der Waals surface area contributed by atoms with E-state index in [1.165, 1.54) is 5.56 Å². The van der Waals surface area contributed by atoms with E-state index in [1.54, 1.807) is 0 Å². The predicted molar refractivity (Wildman–Crippen MR) is 71.5 cm³/mol. The molecule has 0 atom stereocenters. The Labute approximate surface area is 106 Å². The number of aryl methyl sites for hydroxylation is 1. The molecule has 0 heterocycles. The summed E-state index contributed by atoms with van der Waals surface area (Å²) in [5.41, 5.74) is 3.27. The second kappa shape index (κ2) is 5.96. The first-order chi connectivity index (χ1) is 8.78. The van der Waals surface area contributed by atoms with Crippen LogP contribution in [0.4, 0.5) is 0 Å². The maximum Gasteiger partial charge on any atom is 0.119 e. The third-order valence-electron chi connectivity index (χ3n) is 2.70. The van der Waals surface area contributed by atoms with Gasteiger partial charge in [0.25, 0.3) is 0 Å². The zero-order valence-electron chi connectivity index (χ0n) is 10.3. The second-order valence-electron chi connectivity index (χ2n) is 4.21. The maximum atomic E-state index is 10.1. The zero-order valence-corrected chi connectivity index (χ0v) is 10.3. The van der Waals surface area contributed by atoms with E-state index in [4.69, 9.17) is 4.74 Å². The third kappa shape index (κ3) is 3.42. The minimum atomic E-state index is 0.207. The lowest BCUT2D eigenvalue weighted by Gasteiger charge is -2.07. The summed E-state index contributed by atoms with van der Waals surface area (Å²) in [5.74, 6) is 0.797. The number of nitroso groups, excluding NO2 is 1. The Hall–Kier alpha value is -2.16. The highest BCUT2D eigenvalue weighted by atomic mass is 16.5. The van der Waals surface area contributed by atoms with Crippen LogP contribution in [0.5, 0.6) is 5.75 Å². The van der Waals surface area contributed by atoms with E-state index < -0.39 is 0 Å².